The number of ketones is 1. The second-order valence-electron chi connectivity index (χ2n) is 3.20. The average molecular weight is 163 g/mol. The van der Waals surface area contributed by atoms with Gasteiger partial charge in [-0.3, -0.25) is 10.2 Å². The van der Waals surface area contributed by atoms with Crippen LogP contribution in [0.15, 0.2) is 22.3 Å². The molecule has 0 aromatic heterocycles. The van der Waals surface area contributed by atoms with Gasteiger partial charge in [-0.1, -0.05) is 0 Å². The predicted octanol–water partition coefficient (Wildman–Crippen LogP) is 2.26. The van der Waals surface area contributed by atoms with Crippen LogP contribution in [0.1, 0.15) is 27.7 Å². The van der Waals surface area contributed by atoms with Gasteiger partial charge in [0.2, 0.25) is 5.78 Å². The Labute approximate surface area is 72.5 Å². The first kappa shape index (κ1) is 8.91. The van der Waals surface area contributed by atoms with Crippen molar-refractivity contribution in [2.24, 2.45) is 0 Å². The van der Waals surface area contributed by atoms with Gasteiger partial charge in [-0.15, -0.1) is 0 Å². The largest absolute Gasteiger partial charge is 0.297 e. The van der Waals surface area contributed by atoms with Crippen molar-refractivity contribution in [2.45, 2.75) is 27.7 Å². The summed E-state index contributed by atoms with van der Waals surface area (Å²) in [5, 5.41) is 7.51. The number of rotatable bonds is 0. The molecule has 0 atom stereocenters. The van der Waals surface area contributed by atoms with E-state index in [1.165, 1.54) is 0 Å². The minimum Gasteiger partial charge on any atom is -0.297 e. The molecular formula is C10H13NO. The van der Waals surface area contributed by atoms with Crippen LogP contribution in [0.3, 0.4) is 0 Å². The molecule has 1 aliphatic rings. The van der Waals surface area contributed by atoms with Gasteiger partial charge in [-0.05, 0) is 44.4 Å². The lowest BCUT2D eigenvalue weighted by atomic mass is 9.86. The highest BCUT2D eigenvalue weighted by molar-refractivity contribution is 6.51. The second kappa shape index (κ2) is 2.70. The van der Waals surface area contributed by atoms with Crippen LogP contribution in [-0.2, 0) is 4.79 Å². The summed E-state index contributed by atoms with van der Waals surface area (Å²) in [5.74, 6) is -0.129. The molecule has 2 heteroatoms. The fourth-order valence-corrected chi connectivity index (χ4v) is 1.28. The number of allylic oxidation sites excluding steroid dienone is 4. The van der Waals surface area contributed by atoms with Gasteiger partial charge in [0.1, 0.15) is 5.71 Å². The van der Waals surface area contributed by atoms with Crippen molar-refractivity contribution in [3.8, 4) is 0 Å². The number of Topliss-reactive ketones (excluding diaryl/α,β-unsaturated/α-hetero) is 1. The Bertz CT molecular complexity index is 283. The average Bonchev–Trinajstić information content (AvgIpc) is 2.08. The van der Waals surface area contributed by atoms with Crippen LogP contribution < -0.4 is 0 Å². The van der Waals surface area contributed by atoms with Crippen molar-refractivity contribution < 1.29 is 4.79 Å². The third kappa shape index (κ3) is 1.04. The molecule has 64 valence electrons. The van der Waals surface area contributed by atoms with Crippen LogP contribution in [-0.4, -0.2) is 11.5 Å². The summed E-state index contributed by atoms with van der Waals surface area (Å²) in [4.78, 5) is 11.4. The monoisotopic (exact) mass is 163 g/mol. The van der Waals surface area contributed by atoms with Gasteiger partial charge in [0, 0.05) is 5.57 Å². The number of carbonyl (C=O) groups is 1. The van der Waals surface area contributed by atoms with Gasteiger partial charge in [0.25, 0.3) is 0 Å². The van der Waals surface area contributed by atoms with E-state index in [0.717, 1.165) is 16.7 Å². The van der Waals surface area contributed by atoms with E-state index < -0.39 is 0 Å². The zero-order valence-electron chi connectivity index (χ0n) is 7.91. The van der Waals surface area contributed by atoms with Gasteiger partial charge in [0.05, 0.1) is 0 Å². The standard InChI is InChI=1S/C10H13NO/c1-5-6(2)8(4)10(12)9(11)7(5)3/h11H,1-4H3. The lowest BCUT2D eigenvalue weighted by molar-refractivity contribution is -0.109. The summed E-state index contributed by atoms with van der Waals surface area (Å²) in [6.45, 7) is 7.49. The maximum Gasteiger partial charge on any atom is 0.206 e. The highest BCUT2D eigenvalue weighted by Gasteiger charge is 2.22. The summed E-state index contributed by atoms with van der Waals surface area (Å²) < 4.78 is 0. The van der Waals surface area contributed by atoms with E-state index in [9.17, 15) is 4.79 Å². The number of nitrogens with one attached hydrogen (secondary N) is 1. The van der Waals surface area contributed by atoms with Crippen LogP contribution in [0.4, 0.5) is 0 Å². The summed E-state index contributed by atoms with van der Waals surface area (Å²) in [6, 6.07) is 0. The molecule has 0 saturated carbocycles. The second-order valence-corrected chi connectivity index (χ2v) is 3.20. The molecule has 0 aliphatic heterocycles. The van der Waals surface area contributed by atoms with E-state index in [4.69, 9.17) is 5.41 Å². The molecule has 1 N–H and O–H groups in total. The van der Waals surface area contributed by atoms with Crippen LogP contribution in [0, 0.1) is 5.41 Å². The van der Waals surface area contributed by atoms with Crippen LogP contribution >= 0.6 is 0 Å². The smallest absolute Gasteiger partial charge is 0.206 e. The van der Waals surface area contributed by atoms with Gasteiger partial charge >= 0.3 is 0 Å². The molecule has 0 aromatic carbocycles. The van der Waals surface area contributed by atoms with E-state index in [1.807, 2.05) is 20.8 Å². The van der Waals surface area contributed by atoms with Crippen molar-refractivity contribution in [3.63, 3.8) is 0 Å². The molecule has 0 aromatic rings. The lowest BCUT2D eigenvalue weighted by Gasteiger charge is -2.17. The summed E-state index contributed by atoms with van der Waals surface area (Å²) in [5.41, 5.74) is 3.76. The predicted molar refractivity (Wildman–Crippen MR) is 49.5 cm³/mol. The Morgan fingerprint density at radius 1 is 0.833 bits per heavy atom. The normalized spacial score (nSPS) is 19.3. The van der Waals surface area contributed by atoms with Crippen molar-refractivity contribution in [1.29, 1.82) is 5.41 Å². The topological polar surface area (TPSA) is 40.9 Å². The van der Waals surface area contributed by atoms with Crippen molar-refractivity contribution in [3.05, 3.63) is 22.3 Å². The molecule has 0 spiro atoms. The van der Waals surface area contributed by atoms with Gasteiger partial charge < -0.3 is 0 Å². The first-order valence-electron chi connectivity index (χ1n) is 3.95. The fraction of sp³-hybridized carbons (Fsp3) is 0.400. The summed E-state index contributed by atoms with van der Waals surface area (Å²) in [7, 11) is 0. The quantitative estimate of drug-likeness (QED) is 0.547. The maximum absolute atomic E-state index is 11.4. The van der Waals surface area contributed by atoms with Crippen LogP contribution in [0.5, 0.6) is 0 Å². The maximum atomic E-state index is 11.4. The third-order valence-corrected chi connectivity index (χ3v) is 2.63. The molecule has 0 saturated heterocycles. The van der Waals surface area contributed by atoms with Gasteiger partial charge in [-0.25, -0.2) is 0 Å². The number of hydrogen-bond donors (Lipinski definition) is 1. The Hall–Kier alpha value is -1.18. The van der Waals surface area contributed by atoms with Gasteiger partial charge in [0.15, 0.2) is 0 Å². The minimum atomic E-state index is -0.129. The molecular weight excluding hydrogens is 150 g/mol. The fourth-order valence-electron chi connectivity index (χ4n) is 1.28. The first-order valence-corrected chi connectivity index (χ1v) is 3.95. The molecule has 0 fully saturated rings. The SMILES string of the molecule is CC1=C(C)C(C)=C(C)C(=O)C1=N. The summed E-state index contributed by atoms with van der Waals surface area (Å²) >= 11 is 0. The Morgan fingerprint density at radius 2 is 1.25 bits per heavy atom. The third-order valence-electron chi connectivity index (χ3n) is 2.63. The number of hydrogen-bond acceptors (Lipinski definition) is 2. The highest BCUT2D eigenvalue weighted by Crippen LogP contribution is 2.24. The minimum absolute atomic E-state index is 0.129. The van der Waals surface area contributed by atoms with E-state index >= 15 is 0 Å². The molecule has 2 nitrogen and oxygen atoms in total. The highest BCUT2D eigenvalue weighted by atomic mass is 16.1. The van der Waals surface area contributed by atoms with E-state index in [1.54, 1.807) is 6.92 Å². The van der Waals surface area contributed by atoms with E-state index in [0.29, 0.717) is 5.57 Å². The van der Waals surface area contributed by atoms with Gasteiger partial charge in [-0.2, -0.15) is 0 Å². The Morgan fingerprint density at radius 3 is 1.75 bits per heavy atom. The van der Waals surface area contributed by atoms with Crippen LogP contribution in [0.2, 0.25) is 0 Å². The molecule has 1 rings (SSSR count). The number of carbonyl (C=O) groups excluding carboxylic acids is 1. The van der Waals surface area contributed by atoms with Crippen molar-refractivity contribution >= 4 is 11.5 Å². The molecule has 0 radical (unpaired) electrons. The van der Waals surface area contributed by atoms with Crippen molar-refractivity contribution in [2.75, 3.05) is 0 Å². The molecule has 0 heterocycles. The van der Waals surface area contributed by atoms with E-state index in [2.05, 4.69) is 0 Å². The molecule has 0 amide bonds. The molecule has 1 aliphatic carbocycles. The molecule has 12 heavy (non-hydrogen) atoms. The Kier molecular flexibility index (Phi) is 2.01. The summed E-state index contributed by atoms with van der Waals surface area (Å²) in [6.07, 6.45) is 0. The van der Waals surface area contributed by atoms with E-state index in [-0.39, 0.29) is 11.5 Å². The zero-order chi connectivity index (χ0) is 9.46. The Balaban J connectivity index is 3.37. The van der Waals surface area contributed by atoms with Crippen molar-refractivity contribution in [1.82, 2.24) is 0 Å². The lowest BCUT2D eigenvalue weighted by Crippen LogP contribution is -2.21. The first-order chi connectivity index (χ1) is 5.46. The molecule has 0 unspecified atom stereocenters. The zero-order valence-corrected chi connectivity index (χ0v) is 7.91. The van der Waals surface area contributed by atoms with Crippen LogP contribution in [0.25, 0.3) is 0 Å². The molecule has 0 bridgehead atoms.